The number of hydrogen-bond donors (Lipinski definition) is 2. The fourth-order valence-corrected chi connectivity index (χ4v) is 1.75. The molecule has 1 unspecified atom stereocenters. The zero-order valence-corrected chi connectivity index (χ0v) is 9.89. The van der Waals surface area contributed by atoms with Crippen LogP contribution in [0.15, 0.2) is 16.5 Å². The third-order valence-electron chi connectivity index (χ3n) is 2.48. The van der Waals surface area contributed by atoms with E-state index in [1.807, 2.05) is 6.07 Å². The summed E-state index contributed by atoms with van der Waals surface area (Å²) in [6.45, 7) is 2.20. The fraction of sp³-hybridized carbons (Fsp3) is 0.636. The summed E-state index contributed by atoms with van der Waals surface area (Å²) in [5.41, 5.74) is 2.76. The predicted molar refractivity (Wildman–Crippen MR) is 62.5 cm³/mol. The number of rotatable bonds is 7. The van der Waals surface area contributed by atoms with Crippen molar-refractivity contribution >= 4 is 11.6 Å². The quantitative estimate of drug-likeness (QED) is 0.429. The van der Waals surface area contributed by atoms with Crippen molar-refractivity contribution in [3.8, 4) is 0 Å². The Kier molecular flexibility index (Phi) is 5.76. The van der Waals surface area contributed by atoms with Crippen LogP contribution in [0.3, 0.4) is 0 Å². The lowest BCUT2D eigenvalue weighted by Gasteiger charge is -2.12. The van der Waals surface area contributed by atoms with Gasteiger partial charge in [-0.25, -0.2) is 5.43 Å². The van der Waals surface area contributed by atoms with Gasteiger partial charge in [-0.05, 0) is 30.2 Å². The summed E-state index contributed by atoms with van der Waals surface area (Å²) in [7, 11) is 0. The van der Waals surface area contributed by atoms with E-state index in [1.54, 1.807) is 6.07 Å². The maximum absolute atomic E-state index is 5.71. The molecule has 3 nitrogen and oxygen atoms in total. The molecule has 1 aromatic rings. The Morgan fingerprint density at radius 3 is 2.73 bits per heavy atom. The third-order valence-corrected chi connectivity index (χ3v) is 2.69. The molecule has 1 aromatic heterocycles. The Balaban J connectivity index is 2.35. The lowest BCUT2D eigenvalue weighted by atomic mass is 10.1. The van der Waals surface area contributed by atoms with Crippen molar-refractivity contribution in [2.45, 2.75) is 45.1 Å². The molecule has 0 fully saturated rings. The highest BCUT2D eigenvalue weighted by molar-refractivity contribution is 6.28. The third kappa shape index (κ3) is 4.24. The highest BCUT2D eigenvalue weighted by atomic mass is 35.5. The number of hydrogen-bond acceptors (Lipinski definition) is 3. The van der Waals surface area contributed by atoms with E-state index in [0.29, 0.717) is 5.22 Å². The highest BCUT2D eigenvalue weighted by Crippen LogP contribution is 2.23. The molecule has 3 N–H and O–H groups in total. The molecule has 4 heteroatoms. The van der Waals surface area contributed by atoms with Crippen LogP contribution < -0.4 is 11.3 Å². The summed E-state index contributed by atoms with van der Waals surface area (Å²) in [6, 6.07) is 3.69. The molecule has 0 saturated heterocycles. The van der Waals surface area contributed by atoms with Crippen molar-refractivity contribution in [3.63, 3.8) is 0 Å². The van der Waals surface area contributed by atoms with Crippen LogP contribution in [0.25, 0.3) is 0 Å². The Bertz CT molecular complexity index is 275. The molecule has 0 aromatic carbocycles. The highest BCUT2D eigenvalue weighted by Gasteiger charge is 2.12. The van der Waals surface area contributed by atoms with E-state index in [4.69, 9.17) is 21.9 Å². The number of unbranched alkanes of at least 4 members (excludes halogenated alkanes) is 3. The van der Waals surface area contributed by atoms with Crippen LogP contribution in [0.4, 0.5) is 0 Å². The van der Waals surface area contributed by atoms with Gasteiger partial charge in [-0.3, -0.25) is 5.84 Å². The van der Waals surface area contributed by atoms with Crippen molar-refractivity contribution in [1.82, 2.24) is 5.43 Å². The molecule has 0 bridgehead atoms. The summed E-state index contributed by atoms with van der Waals surface area (Å²) >= 11 is 5.71. The van der Waals surface area contributed by atoms with Gasteiger partial charge in [0, 0.05) is 0 Å². The van der Waals surface area contributed by atoms with Gasteiger partial charge in [-0.2, -0.15) is 0 Å². The lowest BCUT2D eigenvalue weighted by molar-refractivity contribution is 0.390. The molecule has 0 amide bonds. The average Bonchev–Trinajstić information content (AvgIpc) is 2.65. The first-order valence-electron chi connectivity index (χ1n) is 5.49. The van der Waals surface area contributed by atoms with Crippen LogP contribution in [0.2, 0.25) is 5.22 Å². The monoisotopic (exact) mass is 230 g/mol. The maximum Gasteiger partial charge on any atom is 0.193 e. The lowest BCUT2D eigenvalue weighted by Crippen LogP contribution is -2.27. The summed E-state index contributed by atoms with van der Waals surface area (Å²) < 4.78 is 5.32. The van der Waals surface area contributed by atoms with Crippen LogP contribution >= 0.6 is 11.6 Å². The zero-order valence-electron chi connectivity index (χ0n) is 9.13. The van der Waals surface area contributed by atoms with Gasteiger partial charge < -0.3 is 4.42 Å². The van der Waals surface area contributed by atoms with E-state index in [2.05, 4.69) is 12.3 Å². The van der Waals surface area contributed by atoms with Crippen LogP contribution in [-0.4, -0.2) is 0 Å². The molecule has 15 heavy (non-hydrogen) atoms. The van der Waals surface area contributed by atoms with Crippen molar-refractivity contribution in [1.29, 1.82) is 0 Å². The van der Waals surface area contributed by atoms with E-state index < -0.39 is 0 Å². The largest absolute Gasteiger partial charge is 0.448 e. The summed E-state index contributed by atoms with van der Waals surface area (Å²) in [5, 5.41) is 0.416. The van der Waals surface area contributed by atoms with Crippen LogP contribution in [0, 0.1) is 0 Å². The Hall–Kier alpha value is -0.510. The van der Waals surface area contributed by atoms with E-state index in [-0.39, 0.29) is 6.04 Å². The molecule has 0 spiro atoms. The number of hydrazine groups is 1. The molecule has 0 aliphatic rings. The van der Waals surface area contributed by atoms with Gasteiger partial charge in [0.2, 0.25) is 0 Å². The van der Waals surface area contributed by atoms with Crippen LogP contribution in [0.1, 0.15) is 50.8 Å². The SMILES string of the molecule is CCCCCCC(NN)c1ccc(Cl)o1. The van der Waals surface area contributed by atoms with Crippen LogP contribution in [0.5, 0.6) is 0 Å². The van der Waals surface area contributed by atoms with E-state index in [0.717, 1.165) is 18.6 Å². The van der Waals surface area contributed by atoms with Crippen molar-refractivity contribution < 1.29 is 4.42 Å². The number of nitrogens with two attached hydrogens (primary N) is 1. The molecular weight excluding hydrogens is 212 g/mol. The van der Waals surface area contributed by atoms with Crippen LogP contribution in [-0.2, 0) is 0 Å². The fourth-order valence-electron chi connectivity index (χ4n) is 1.60. The summed E-state index contributed by atoms with van der Waals surface area (Å²) in [5.74, 6) is 6.29. The van der Waals surface area contributed by atoms with Gasteiger partial charge in [-0.15, -0.1) is 0 Å². The van der Waals surface area contributed by atoms with Gasteiger partial charge >= 0.3 is 0 Å². The van der Waals surface area contributed by atoms with Crippen molar-refractivity contribution in [2.75, 3.05) is 0 Å². The Labute approximate surface area is 95.9 Å². The second-order valence-corrected chi connectivity index (χ2v) is 4.08. The number of nitrogens with one attached hydrogen (secondary N) is 1. The predicted octanol–water partition coefficient (Wildman–Crippen LogP) is 3.41. The standard InChI is InChI=1S/C11H19ClN2O/c1-2-3-4-5-6-9(14-13)10-7-8-11(12)15-10/h7-9,14H,2-6,13H2,1H3. The summed E-state index contributed by atoms with van der Waals surface area (Å²) in [6.07, 6.45) is 5.90. The van der Waals surface area contributed by atoms with Gasteiger partial charge in [0.15, 0.2) is 5.22 Å². The van der Waals surface area contributed by atoms with Crippen molar-refractivity contribution in [2.24, 2.45) is 5.84 Å². The second kappa shape index (κ2) is 6.88. The number of furan rings is 1. The molecule has 0 saturated carbocycles. The van der Waals surface area contributed by atoms with Crippen molar-refractivity contribution in [3.05, 3.63) is 23.1 Å². The molecule has 1 rings (SSSR count). The van der Waals surface area contributed by atoms with Gasteiger partial charge in [-0.1, -0.05) is 32.6 Å². The van der Waals surface area contributed by atoms with Gasteiger partial charge in [0.05, 0.1) is 6.04 Å². The van der Waals surface area contributed by atoms with E-state index >= 15 is 0 Å². The maximum atomic E-state index is 5.71. The van der Waals surface area contributed by atoms with E-state index in [9.17, 15) is 0 Å². The van der Waals surface area contributed by atoms with Gasteiger partial charge in [0.25, 0.3) is 0 Å². The first-order valence-corrected chi connectivity index (χ1v) is 5.87. The first-order chi connectivity index (χ1) is 7.27. The second-order valence-electron chi connectivity index (χ2n) is 3.71. The van der Waals surface area contributed by atoms with Gasteiger partial charge in [0.1, 0.15) is 5.76 Å². The molecule has 86 valence electrons. The molecule has 0 aliphatic carbocycles. The smallest absolute Gasteiger partial charge is 0.193 e. The minimum absolute atomic E-state index is 0.0781. The first kappa shape index (κ1) is 12.6. The van der Waals surface area contributed by atoms with E-state index in [1.165, 1.54) is 19.3 Å². The Morgan fingerprint density at radius 2 is 2.20 bits per heavy atom. The molecule has 0 aliphatic heterocycles. The number of halogens is 1. The topological polar surface area (TPSA) is 51.2 Å². The summed E-state index contributed by atoms with van der Waals surface area (Å²) in [4.78, 5) is 0. The molecule has 0 radical (unpaired) electrons. The molecule has 1 heterocycles. The molecule has 1 atom stereocenters. The minimum atomic E-state index is 0.0781. The minimum Gasteiger partial charge on any atom is -0.448 e. The zero-order chi connectivity index (χ0) is 11.1. The average molecular weight is 231 g/mol. The Morgan fingerprint density at radius 1 is 1.40 bits per heavy atom. The normalized spacial score (nSPS) is 13.0. The molecular formula is C11H19ClN2O.